The Kier molecular flexibility index (Phi) is 4.68. The zero-order valence-electron chi connectivity index (χ0n) is 14.2. The lowest BCUT2D eigenvalue weighted by atomic mass is 10.0. The zero-order valence-corrected chi connectivity index (χ0v) is 15.1. The van der Waals surface area contributed by atoms with Crippen LogP contribution in [0.25, 0.3) is 0 Å². The largest absolute Gasteiger partial charge is 0.337 e. The van der Waals surface area contributed by atoms with Crippen molar-refractivity contribution in [2.24, 2.45) is 0 Å². The van der Waals surface area contributed by atoms with Gasteiger partial charge < -0.3 is 4.90 Å². The third kappa shape index (κ3) is 3.39. The van der Waals surface area contributed by atoms with Crippen molar-refractivity contribution >= 4 is 23.0 Å². The van der Waals surface area contributed by atoms with E-state index >= 15 is 0 Å². The van der Waals surface area contributed by atoms with Crippen molar-refractivity contribution < 1.29 is 9.59 Å². The molecule has 1 saturated heterocycles. The fourth-order valence-corrected chi connectivity index (χ4v) is 4.56. The van der Waals surface area contributed by atoms with E-state index in [4.69, 9.17) is 0 Å². The van der Waals surface area contributed by atoms with E-state index in [1.54, 1.807) is 11.3 Å². The number of ketones is 1. The Balaban J connectivity index is 1.46. The van der Waals surface area contributed by atoms with Gasteiger partial charge in [-0.25, -0.2) is 0 Å². The van der Waals surface area contributed by atoms with Gasteiger partial charge in [0.25, 0.3) is 5.91 Å². The van der Waals surface area contributed by atoms with E-state index in [0.717, 1.165) is 55.8 Å². The minimum atomic E-state index is 0.0875. The fraction of sp³-hybridized carbons (Fsp3) is 0.400. The molecule has 25 heavy (non-hydrogen) atoms. The number of nitrogens with zero attached hydrogens (tertiary/aromatic N) is 2. The Labute approximate surface area is 152 Å². The molecule has 1 aliphatic carbocycles. The van der Waals surface area contributed by atoms with Crippen molar-refractivity contribution in [2.45, 2.75) is 25.8 Å². The van der Waals surface area contributed by atoms with Gasteiger partial charge in [0.05, 0.1) is 0 Å². The first kappa shape index (κ1) is 16.5. The van der Waals surface area contributed by atoms with Crippen molar-refractivity contribution in [3.05, 3.63) is 57.3 Å². The molecule has 0 saturated carbocycles. The first-order valence-electron chi connectivity index (χ1n) is 8.91. The normalized spacial score (nSPS) is 18.2. The van der Waals surface area contributed by atoms with E-state index in [-0.39, 0.29) is 11.7 Å². The van der Waals surface area contributed by atoms with Gasteiger partial charge in [-0.1, -0.05) is 18.2 Å². The summed E-state index contributed by atoms with van der Waals surface area (Å²) in [5.41, 5.74) is 2.44. The number of benzene rings is 1. The SMILES string of the molecule is O=C1CCc2c1cccc2C(=O)N1CCCN(Cc2cccs2)CC1. The lowest BCUT2D eigenvalue weighted by molar-refractivity contribution is 0.0760. The smallest absolute Gasteiger partial charge is 0.254 e. The number of amides is 1. The molecule has 2 aromatic rings. The Morgan fingerprint density at radius 2 is 1.96 bits per heavy atom. The van der Waals surface area contributed by atoms with Crippen LogP contribution in [0.1, 0.15) is 44.0 Å². The highest BCUT2D eigenvalue weighted by atomic mass is 32.1. The predicted molar refractivity (Wildman–Crippen MR) is 99.2 cm³/mol. The summed E-state index contributed by atoms with van der Waals surface area (Å²) in [7, 11) is 0. The maximum atomic E-state index is 13.0. The lowest BCUT2D eigenvalue weighted by Crippen LogP contribution is -2.35. The number of hydrogen-bond donors (Lipinski definition) is 0. The summed E-state index contributed by atoms with van der Waals surface area (Å²) in [6.07, 6.45) is 2.23. The number of carbonyl (C=O) groups excluding carboxylic acids is 2. The second kappa shape index (κ2) is 7.10. The molecule has 1 amide bonds. The molecule has 1 aromatic carbocycles. The topological polar surface area (TPSA) is 40.6 Å². The molecule has 0 N–H and O–H groups in total. The summed E-state index contributed by atoms with van der Waals surface area (Å²) in [6.45, 7) is 4.43. The third-order valence-corrected chi connectivity index (χ3v) is 6.01. The van der Waals surface area contributed by atoms with Crippen molar-refractivity contribution in [1.29, 1.82) is 0 Å². The first-order valence-corrected chi connectivity index (χ1v) is 9.79. The second-order valence-corrected chi connectivity index (χ2v) is 7.79. The third-order valence-electron chi connectivity index (χ3n) is 5.14. The average Bonchev–Trinajstić information content (AvgIpc) is 3.20. The molecule has 0 unspecified atom stereocenters. The molecule has 2 aliphatic rings. The van der Waals surface area contributed by atoms with E-state index < -0.39 is 0 Å². The van der Waals surface area contributed by atoms with Gasteiger partial charge in [0, 0.05) is 55.1 Å². The fourth-order valence-electron chi connectivity index (χ4n) is 3.82. The molecular weight excluding hydrogens is 332 g/mol. The highest BCUT2D eigenvalue weighted by Gasteiger charge is 2.27. The number of Topliss-reactive ketones (excluding diaryl/α,β-unsaturated/α-hetero) is 1. The van der Waals surface area contributed by atoms with Gasteiger partial charge in [0.15, 0.2) is 5.78 Å². The van der Waals surface area contributed by atoms with Gasteiger partial charge in [0.1, 0.15) is 0 Å². The second-order valence-electron chi connectivity index (χ2n) is 6.76. The molecule has 4 rings (SSSR count). The number of carbonyl (C=O) groups is 2. The van der Waals surface area contributed by atoms with Crippen molar-refractivity contribution in [2.75, 3.05) is 26.2 Å². The van der Waals surface area contributed by atoms with Gasteiger partial charge in [-0.15, -0.1) is 11.3 Å². The molecule has 5 heteroatoms. The quantitative estimate of drug-likeness (QED) is 0.850. The molecule has 4 nitrogen and oxygen atoms in total. The van der Waals surface area contributed by atoms with Crippen LogP contribution in [-0.2, 0) is 13.0 Å². The molecule has 1 fully saturated rings. The molecule has 1 aliphatic heterocycles. The van der Waals surface area contributed by atoms with Crippen LogP contribution in [-0.4, -0.2) is 47.7 Å². The maximum Gasteiger partial charge on any atom is 0.254 e. The Morgan fingerprint density at radius 3 is 2.80 bits per heavy atom. The van der Waals surface area contributed by atoms with E-state index in [2.05, 4.69) is 22.4 Å². The first-order chi connectivity index (χ1) is 12.2. The number of thiophene rings is 1. The highest BCUT2D eigenvalue weighted by molar-refractivity contribution is 7.09. The van der Waals surface area contributed by atoms with Crippen LogP contribution >= 0.6 is 11.3 Å². The van der Waals surface area contributed by atoms with Crippen LogP contribution in [0, 0.1) is 0 Å². The highest BCUT2D eigenvalue weighted by Crippen LogP contribution is 2.26. The van der Waals surface area contributed by atoms with E-state index in [1.807, 2.05) is 23.1 Å². The molecule has 1 aromatic heterocycles. The van der Waals surface area contributed by atoms with Crippen LogP contribution in [0.4, 0.5) is 0 Å². The van der Waals surface area contributed by atoms with Gasteiger partial charge >= 0.3 is 0 Å². The summed E-state index contributed by atoms with van der Waals surface area (Å²) >= 11 is 1.79. The van der Waals surface area contributed by atoms with Crippen LogP contribution in [0.3, 0.4) is 0 Å². The molecular formula is C20H22N2O2S. The summed E-state index contributed by atoms with van der Waals surface area (Å²) in [4.78, 5) is 30.7. The maximum absolute atomic E-state index is 13.0. The number of hydrogen-bond acceptors (Lipinski definition) is 4. The molecule has 0 bridgehead atoms. The predicted octanol–water partition coefficient (Wildman–Crippen LogP) is 3.23. The monoisotopic (exact) mass is 354 g/mol. The van der Waals surface area contributed by atoms with E-state index in [1.165, 1.54) is 4.88 Å². The average molecular weight is 354 g/mol. The lowest BCUT2D eigenvalue weighted by Gasteiger charge is -2.22. The van der Waals surface area contributed by atoms with Crippen LogP contribution in [0.2, 0.25) is 0 Å². The zero-order chi connectivity index (χ0) is 17.2. The molecule has 2 heterocycles. The van der Waals surface area contributed by atoms with Crippen LogP contribution in [0.15, 0.2) is 35.7 Å². The van der Waals surface area contributed by atoms with E-state index in [9.17, 15) is 9.59 Å². The van der Waals surface area contributed by atoms with Gasteiger partial charge in [-0.05, 0) is 35.9 Å². The van der Waals surface area contributed by atoms with Crippen molar-refractivity contribution in [1.82, 2.24) is 9.80 Å². The summed E-state index contributed by atoms with van der Waals surface area (Å²) in [6, 6.07) is 9.84. The molecule has 0 spiro atoms. The molecule has 0 radical (unpaired) electrons. The minimum Gasteiger partial charge on any atom is -0.337 e. The number of rotatable bonds is 3. The van der Waals surface area contributed by atoms with Crippen molar-refractivity contribution in [3.63, 3.8) is 0 Å². The summed E-state index contributed by atoms with van der Waals surface area (Å²) < 4.78 is 0. The van der Waals surface area contributed by atoms with Gasteiger partial charge in [0.2, 0.25) is 0 Å². The summed E-state index contributed by atoms with van der Waals surface area (Å²) in [5, 5.41) is 2.11. The van der Waals surface area contributed by atoms with Gasteiger partial charge in [-0.3, -0.25) is 14.5 Å². The minimum absolute atomic E-state index is 0.0875. The van der Waals surface area contributed by atoms with Crippen molar-refractivity contribution in [3.8, 4) is 0 Å². The van der Waals surface area contributed by atoms with E-state index in [0.29, 0.717) is 12.8 Å². The Hall–Kier alpha value is -1.98. The standard InChI is InChI=1S/C20H22N2O2S/c23-19-8-7-16-17(19)5-1-6-18(16)20(24)22-10-3-9-21(11-12-22)14-15-4-2-13-25-15/h1-2,4-6,13H,3,7-12,14H2. The van der Waals surface area contributed by atoms with Crippen LogP contribution in [0.5, 0.6) is 0 Å². The molecule has 130 valence electrons. The number of fused-ring (bicyclic) bond motifs is 1. The molecule has 0 atom stereocenters. The Bertz CT molecular complexity index is 785. The summed E-state index contributed by atoms with van der Waals surface area (Å²) in [5.74, 6) is 0.257. The van der Waals surface area contributed by atoms with Gasteiger partial charge in [-0.2, -0.15) is 0 Å². The Morgan fingerprint density at radius 1 is 1.04 bits per heavy atom. The van der Waals surface area contributed by atoms with Crippen LogP contribution < -0.4 is 0 Å².